The van der Waals surface area contributed by atoms with Crippen molar-refractivity contribution in [2.24, 2.45) is 0 Å². The molecule has 1 heterocycles. The molecule has 0 radical (unpaired) electrons. The van der Waals surface area contributed by atoms with Gasteiger partial charge >= 0.3 is 0 Å². The zero-order chi connectivity index (χ0) is 13.0. The van der Waals surface area contributed by atoms with Crippen LogP contribution in [0.25, 0.3) is 0 Å². The Hall–Kier alpha value is -1.41. The Morgan fingerprint density at radius 3 is 2.78 bits per heavy atom. The van der Waals surface area contributed by atoms with Crippen LogP contribution in [0, 0.1) is 3.57 Å². The Kier molecular flexibility index (Phi) is 4.32. The standard InChI is InChI=1S/C12H12IN3O2/c13-10-11(14-7-15-12(10)18)16-9(6-17)8-4-2-1-3-5-8/h1-5,7,9,17H,6H2,(H2,14,15,16,18). The highest BCUT2D eigenvalue weighted by Crippen LogP contribution is 2.19. The number of nitrogens with zero attached hydrogens (tertiary/aromatic N) is 1. The minimum Gasteiger partial charge on any atom is -0.394 e. The minimum atomic E-state index is -0.283. The number of rotatable bonds is 4. The third kappa shape index (κ3) is 2.88. The summed E-state index contributed by atoms with van der Waals surface area (Å²) in [5.74, 6) is 0.474. The largest absolute Gasteiger partial charge is 0.394 e. The molecule has 0 aliphatic rings. The molecule has 1 atom stereocenters. The number of H-pyrrole nitrogens is 1. The van der Waals surface area contributed by atoms with Crippen molar-refractivity contribution in [3.05, 3.63) is 56.1 Å². The molecular weight excluding hydrogens is 345 g/mol. The predicted octanol–water partition coefficient (Wildman–Crippen LogP) is 1.52. The number of benzene rings is 1. The lowest BCUT2D eigenvalue weighted by Crippen LogP contribution is -2.20. The lowest BCUT2D eigenvalue weighted by Gasteiger charge is -2.17. The molecule has 1 aromatic heterocycles. The fraction of sp³-hybridized carbons (Fsp3) is 0.167. The molecule has 94 valence electrons. The second-order valence-corrected chi connectivity index (χ2v) is 4.76. The summed E-state index contributed by atoms with van der Waals surface area (Å²) in [5, 5.41) is 12.5. The topological polar surface area (TPSA) is 78.0 Å². The van der Waals surface area contributed by atoms with Crippen molar-refractivity contribution in [1.82, 2.24) is 9.97 Å². The van der Waals surface area contributed by atoms with Gasteiger partial charge in [-0.2, -0.15) is 0 Å². The Bertz CT molecular complexity index is 571. The zero-order valence-corrected chi connectivity index (χ0v) is 11.6. The van der Waals surface area contributed by atoms with E-state index < -0.39 is 0 Å². The monoisotopic (exact) mass is 357 g/mol. The summed E-state index contributed by atoms with van der Waals surface area (Å²) < 4.78 is 0.476. The number of halogens is 1. The van der Waals surface area contributed by atoms with Crippen LogP contribution in [-0.4, -0.2) is 21.7 Å². The summed E-state index contributed by atoms with van der Waals surface area (Å²) in [6.45, 7) is -0.0748. The van der Waals surface area contributed by atoms with Gasteiger partial charge < -0.3 is 15.4 Å². The van der Waals surface area contributed by atoms with Crippen LogP contribution >= 0.6 is 22.6 Å². The molecule has 0 fully saturated rings. The van der Waals surface area contributed by atoms with Crippen LogP contribution in [0.5, 0.6) is 0 Å². The van der Waals surface area contributed by atoms with Gasteiger partial charge in [0.05, 0.1) is 19.0 Å². The first-order valence-corrected chi connectivity index (χ1v) is 6.45. The molecule has 2 aromatic rings. The average Bonchev–Trinajstić information content (AvgIpc) is 2.41. The zero-order valence-electron chi connectivity index (χ0n) is 9.43. The number of anilines is 1. The first kappa shape index (κ1) is 13.0. The molecule has 18 heavy (non-hydrogen) atoms. The quantitative estimate of drug-likeness (QED) is 0.726. The maximum atomic E-state index is 11.4. The molecule has 0 saturated heterocycles. The lowest BCUT2D eigenvalue weighted by atomic mass is 10.1. The van der Waals surface area contributed by atoms with E-state index in [0.29, 0.717) is 9.39 Å². The number of aliphatic hydroxyl groups is 1. The molecule has 5 nitrogen and oxygen atoms in total. The summed E-state index contributed by atoms with van der Waals surface area (Å²) >= 11 is 1.92. The fourth-order valence-electron chi connectivity index (χ4n) is 1.57. The van der Waals surface area contributed by atoms with E-state index in [9.17, 15) is 9.90 Å². The fourth-order valence-corrected chi connectivity index (χ4v) is 2.02. The van der Waals surface area contributed by atoms with E-state index in [4.69, 9.17) is 0 Å². The highest BCUT2D eigenvalue weighted by Gasteiger charge is 2.13. The van der Waals surface area contributed by atoms with E-state index >= 15 is 0 Å². The van der Waals surface area contributed by atoms with E-state index in [1.54, 1.807) is 0 Å². The average molecular weight is 357 g/mol. The maximum absolute atomic E-state index is 11.4. The molecule has 0 aliphatic heterocycles. The lowest BCUT2D eigenvalue weighted by molar-refractivity contribution is 0.276. The molecule has 3 N–H and O–H groups in total. The summed E-state index contributed by atoms with van der Waals surface area (Å²) in [7, 11) is 0. The van der Waals surface area contributed by atoms with Crippen molar-refractivity contribution >= 4 is 28.4 Å². The summed E-state index contributed by atoms with van der Waals surface area (Å²) in [4.78, 5) is 18.0. The van der Waals surface area contributed by atoms with E-state index in [1.165, 1.54) is 6.33 Å². The molecule has 0 spiro atoms. The molecular formula is C12H12IN3O2. The van der Waals surface area contributed by atoms with Crippen molar-refractivity contribution in [3.63, 3.8) is 0 Å². The molecule has 0 amide bonds. The maximum Gasteiger partial charge on any atom is 0.266 e. The summed E-state index contributed by atoms with van der Waals surface area (Å²) in [5.41, 5.74) is 0.746. The van der Waals surface area contributed by atoms with Crippen molar-refractivity contribution in [1.29, 1.82) is 0 Å². The van der Waals surface area contributed by atoms with Gasteiger partial charge in [0.15, 0.2) is 0 Å². The number of aromatic nitrogens is 2. The van der Waals surface area contributed by atoms with Gasteiger partial charge in [0.25, 0.3) is 5.56 Å². The Balaban J connectivity index is 2.26. The van der Waals surface area contributed by atoms with Gasteiger partial charge in [0, 0.05) is 0 Å². The molecule has 1 aromatic carbocycles. The van der Waals surface area contributed by atoms with Gasteiger partial charge in [-0.05, 0) is 28.2 Å². The van der Waals surface area contributed by atoms with Crippen LogP contribution in [0.1, 0.15) is 11.6 Å². The minimum absolute atomic E-state index is 0.0748. The number of aliphatic hydroxyl groups excluding tert-OH is 1. The van der Waals surface area contributed by atoms with Crippen molar-refractivity contribution in [2.75, 3.05) is 11.9 Å². The van der Waals surface area contributed by atoms with E-state index in [2.05, 4.69) is 15.3 Å². The van der Waals surface area contributed by atoms with Crippen LogP contribution in [-0.2, 0) is 0 Å². The first-order chi connectivity index (χ1) is 8.72. The normalized spacial score (nSPS) is 12.1. The number of hydrogen-bond donors (Lipinski definition) is 3. The molecule has 0 aliphatic carbocycles. The Labute approximate surface area is 117 Å². The third-order valence-corrected chi connectivity index (χ3v) is 3.49. The van der Waals surface area contributed by atoms with E-state index in [1.807, 2.05) is 52.9 Å². The van der Waals surface area contributed by atoms with Crippen LogP contribution in [0.15, 0.2) is 41.5 Å². The van der Waals surface area contributed by atoms with E-state index in [0.717, 1.165) is 5.56 Å². The smallest absolute Gasteiger partial charge is 0.266 e. The van der Waals surface area contributed by atoms with Crippen LogP contribution in [0.3, 0.4) is 0 Å². The number of aromatic amines is 1. The van der Waals surface area contributed by atoms with Crippen molar-refractivity contribution in [2.45, 2.75) is 6.04 Å². The van der Waals surface area contributed by atoms with E-state index in [-0.39, 0.29) is 18.2 Å². The number of hydrogen-bond acceptors (Lipinski definition) is 4. The van der Waals surface area contributed by atoms with Gasteiger partial charge in [0.2, 0.25) is 0 Å². The summed E-state index contributed by atoms with van der Waals surface area (Å²) in [6.07, 6.45) is 1.34. The predicted molar refractivity (Wildman–Crippen MR) is 77.5 cm³/mol. The Morgan fingerprint density at radius 2 is 2.11 bits per heavy atom. The van der Waals surface area contributed by atoms with Crippen LogP contribution in [0.4, 0.5) is 5.82 Å². The summed E-state index contributed by atoms with van der Waals surface area (Å²) in [6, 6.07) is 9.25. The second kappa shape index (κ2) is 5.96. The highest BCUT2D eigenvalue weighted by molar-refractivity contribution is 14.1. The van der Waals surface area contributed by atoms with Gasteiger partial charge in [0.1, 0.15) is 9.39 Å². The van der Waals surface area contributed by atoms with Gasteiger partial charge in [-0.3, -0.25) is 4.79 Å². The van der Waals surface area contributed by atoms with Crippen LogP contribution in [0.2, 0.25) is 0 Å². The molecule has 1 unspecified atom stereocenters. The van der Waals surface area contributed by atoms with Crippen molar-refractivity contribution < 1.29 is 5.11 Å². The number of nitrogens with one attached hydrogen (secondary N) is 2. The SMILES string of the molecule is O=c1[nH]cnc(NC(CO)c2ccccc2)c1I. The van der Waals surface area contributed by atoms with Gasteiger partial charge in [-0.15, -0.1) is 0 Å². The van der Waals surface area contributed by atoms with Gasteiger partial charge in [-0.25, -0.2) is 4.98 Å². The van der Waals surface area contributed by atoms with Gasteiger partial charge in [-0.1, -0.05) is 30.3 Å². The van der Waals surface area contributed by atoms with Crippen LogP contribution < -0.4 is 10.9 Å². The molecule has 2 rings (SSSR count). The Morgan fingerprint density at radius 1 is 1.39 bits per heavy atom. The van der Waals surface area contributed by atoms with Crippen molar-refractivity contribution in [3.8, 4) is 0 Å². The molecule has 6 heteroatoms. The molecule has 0 bridgehead atoms. The molecule has 0 saturated carbocycles. The third-order valence-electron chi connectivity index (χ3n) is 2.49. The highest BCUT2D eigenvalue weighted by atomic mass is 127. The second-order valence-electron chi connectivity index (χ2n) is 3.68. The first-order valence-electron chi connectivity index (χ1n) is 5.38.